The van der Waals surface area contributed by atoms with Crippen molar-refractivity contribution >= 4 is 11.4 Å². The first kappa shape index (κ1) is 17.3. The van der Waals surface area contributed by atoms with Crippen LogP contribution in [0.1, 0.15) is 17.2 Å². The lowest BCUT2D eigenvalue weighted by molar-refractivity contribution is 0.288. The van der Waals surface area contributed by atoms with Gasteiger partial charge in [-0.25, -0.2) is 0 Å². The van der Waals surface area contributed by atoms with Crippen molar-refractivity contribution in [3.63, 3.8) is 0 Å². The van der Waals surface area contributed by atoms with Crippen molar-refractivity contribution < 1.29 is 5.11 Å². The minimum absolute atomic E-state index is 0.0783. The van der Waals surface area contributed by atoms with Gasteiger partial charge in [0.2, 0.25) is 0 Å². The minimum atomic E-state index is 0.0783. The molecule has 0 spiro atoms. The third-order valence-corrected chi connectivity index (χ3v) is 3.95. The zero-order chi connectivity index (χ0) is 16.8. The molecule has 0 radical (unpaired) electrons. The van der Waals surface area contributed by atoms with Gasteiger partial charge >= 0.3 is 0 Å². The van der Waals surface area contributed by atoms with E-state index in [4.69, 9.17) is 5.11 Å². The minimum Gasteiger partial charge on any atom is -0.395 e. The summed E-state index contributed by atoms with van der Waals surface area (Å²) in [5.74, 6) is 0. The highest BCUT2D eigenvalue weighted by atomic mass is 16.3. The highest BCUT2D eigenvalue weighted by Crippen LogP contribution is 2.25. The SMILES string of the molecule is CN(C)c1ccc(C(NCCO)c2ccc(N(C)C)cc2)cc1. The number of hydrogen-bond acceptors (Lipinski definition) is 4. The summed E-state index contributed by atoms with van der Waals surface area (Å²) in [5.41, 5.74) is 4.75. The summed E-state index contributed by atoms with van der Waals surface area (Å²) in [4.78, 5) is 4.18. The zero-order valence-corrected chi connectivity index (χ0v) is 14.5. The molecule has 4 nitrogen and oxygen atoms in total. The van der Waals surface area contributed by atoms with Gasteiger partial charge in [0.1, 0.15) is 0 Å². The Labute approximate surface area is 139 Å². The van der Waals surface area contributed by atoms with E-state index in [1.807, 2.05) is 28.2 Å². The Kier molecular flexibility index (Phi) is 6.02. The van der Waals surface area contributed by atoms with Crippen LogP contribution in [0.4, 0.5) is 11.4 Å². The molecule has 0 atom stereocenters. The lowest BCUT2D eigenvalue weighted by Crippen LogP contribution is -2.25. The maximum atomic E-state index is 9.17. The predicted octanol–water partition coefficient (Wildman–Crippen LogP) is 2.49. The quantitative estimate of drug-likeness (QED) is 0.824. The smallest absolute Gasteiger partial charge is 0.0577 e. The van der Waals surface area contributed by atoms with Crippen molar-refractivity contribution in [1.29, 1.82) is 0 Å². The average Bonchev–Trinajstić information content (AvgIpc) is 2.56. The predicted molar refractivity (Wildman–Crippen MR) is 98.5 cm³/mol. The van der Waals surface area contributed by atoms with Gasteiger partial charge in [-0.15, -0.1) is 0 Å². The monoisotopic (exact) mass is 313 g/mol. The first-order chi connectivity index (χ1) is 11.0. The molecule has 2 aromatic rings. The summed E-state index contributed by atoms with van der Waals surface area (Å²) in [6.07, 6.45) is 0. The molecule has 4 heteroatoms. The molecule has 2 N–H and O–H groups in total. The topological polar surface area (TPSA) is 38.7 Å². The molecular formula is C19H27N3O. The Morgan fingerprint density at radius 2 is 1.17 bits per heavy atom. The molecule has 23 heavy (non-hydrogen) atoms. The average molecular weight is 313 g/mol. The van der Waals surface area contributed by atoms with E-state index in [1.165, 1.54) is 22.5 Å². The molecule has 0 aliphatic heterocycles. The number of rotatable bonds is 7. The molecule has 0 amide bonds. The van der Waals surface area contributed by atoms with Crippen molar-refractivity contribution in [2.45, 2.75) is 6.04 Å². The van der Waals surface area contributed by atoms with Gasteiger partial charge in [0.25, 0.3) is 0 Å². The summed E-state index contributed by atoms with van der Waals surface area (Å²) in [5, 5.41) is 12.6. The van der Waals surface area contributed by atoms with Crippen LogP contribution in [0.25, 0.3) is 0 Å². The van der Waals surface area contributed by atoms with Gasteiger partial charge in [0.05, 0.1) is 12.6 Å². The van der Waals surface area contributed by atoms with Crippen molar-refractivity contribution in [2.75, 3.05) is 51.1 Å². The van der Waals surface area contributed by atoms with E-state index in [1.54, 1.807) is 0 Å². The fraction of sp³-hybridized carbons (Fsp3) is 0.368. The van der Waals surface area contributed by atoms with Crippen LogP contribution in [0.3, 0.4) is 0 Å². The van der Waals surface area contributed by atoms with Crippen LogP contribution in [-0.2, 0) is 0 Å². The lowest BCUT2D eigenvalue weighted by Gasteiger charge is -2.22. The fourth-order valence-electron chi connectivity index (χ4n) is 2.57. The van der Waals surface area contributed by atoms with Crippen LogP contribution in [0.5, 0.6) is 0 Å². The molecule has 2 aromatic carbocycles. The Balaban J connectivity index is 2.28. The van der Waals surface area contributed by atoms with Gasteiger partial charge in [0.15, 0.2) is 0 Å². The maximum absolute atomic E-state index is 9.17. The zero-order valence-electron chi connectivity index (χ0n) is 14.5. The van der Waals surface area contributed by atoms with Crippen LogP contribution >= 0.6 is 0 Å². The van der Waals surface area contributed by atoms with E-state index in [9.17, 15) is 0 Å². The second-order valence-corrected chi connectivity index (χ2v) is 6.08. The van der Waals surface area contributed by atoms with Gasteiger partial charge in [-0.1, -0.05) is 24.3 Å². The number of aliphatic hydroxyl groups is 1. The Bertz CT molecular complexity index is 540. The number of anilines is 2. The maximum Gasteiger partial charge on any atom is 0.0577 e. The van der Waals surface area contributed by atoms with E-state index < -0.39 is 0 Å². The molecule has 0 saturated heterocycles. The second kappa shape index (κ2) is 7.99. The normalized spacial score (nSPS) is 10.9. The second-order valence-electron chi connectivity index (χ2n) is 6.08. The van der Waals surface area contributed by atoms with Gasteiger partial charge in [-0.2, -0.15) is 0 Å². The number of aliphatic hydroxyl groups excluding tert-OH is 1. The van der Waals surface area contributed by atoms with Gasteiger partial charge < -0.3 is 20.2 Å². The molecule has 0 saturated carbocycles. The molecule has 0 aromatic heterocycles. The van der Waals surface area contributed by atoms with E-state index in [-0.39, 0.29) is 12.6 Å². The fourth-order valence-corrected chi connectivity index (χ4v) is 2.57. The third kappa shape index (κ3) is 4.47. The largest absolute Gasteiger partial charge is 0.395 e. The molecule has 0 heterocycles. The Hall–Kier alpha value is -2.04. The standard InChI is InChI=1S/C19H27N3O/c1-21(2)17-9-5-15(6-10-17)19(20-13-14-23)16-7-11-18(12-8-16)22(3)4/h5-12,19-20,23H,13-14H2,1-4H3. The summed E-state index contributed by atoms with van der Waals surface area (Å²) in [6.45, 7) is 0.692. The van der Waals surface area contributed by atoms with E-state index >= 15 is 0 Å². The van der Waals surface area contributed by atoms with E-state index in [2.05, 4.69) is 63.6 Å². The Morgan fingerprint density at radius 1 is 0.783 bits per heavy atom. The van der Waals surface area contributed by atoms with E-state index in [0.717, 1.165) is 0 Å². The molecular weight excluding hydrogens is 286 g/mol. The number of nitrogens with one attached hydrogen (secondary N) is 1. The molecule has 0 bridgehead atoms. The van der Waals surface area contributed by atoms with Gasteiger partial charge in [-0.05, 0) is 35.4 Å². The number of nitrogens with zero attached hydrogens (tertiary/aromatic N) is 2. The summed E-state index contributed by atoms with van der Waals surface area (Å²) >= 11 is 0. The molecule has 0 aliphatic rings. The molecule has 0 unspecified atom stereocenters. The molecule has 124 valence electrons. The van der Waals surface area contributed by atoms with Crippen LogP contribution in [-0.4, -0.2) is 46.4 Å². The van der Waals surface area contributed by atoms with Crippen molar-refractivity contribution in [3.8, 4) is 0 Å². The highest BCUT2D eigenvalue weighted by molar-refractivity contribution is 5.50. The third-order valence-electron chi connectivity index (χ3n) is 3.95. The van der Waals surface area contributed by atoms with Crippen LogP contribution in [0.15, 0.2) is 48.5 Å². The first-order valence-corrected chi connectivity index (χ1v) is 7.91. The Morgan fingerprint density at radius 3 is 1.48 bits per heavy atom. The molecule has 0 aliphatic carbocycles. The number of benzene rings is 2. The molecule has 0 fully saturated rings. The van der Waals surface area contributed by atoms with Crippen LogP contribution < -0.4 is 15.1 Å². The van der Waals surface area contributed by atoms with Crippen LogP contribution in [0.2, 0.25) is 0 Å². The lowest BCUT2D eigenvalue weighted by atomic mass is 9.98. The first-order valence-electron chi connectivity index (χ1n) is 7.91. The van der Waals surface area contributed by atoms with E-state index in [0.29, 0.717) is 6.54 Å². The van der Waals surface area contributed by atoms with Crippen molar-refractivity contribution in [1.82, 2.24) is 5.32 Å². The summed E-state index contributed by atoms with van der Waals surface area (Å²) in [6, 6.07) is 17.1. The highest BCUT2D eigenvalue weighted by Gasteiger charge is 2.13. The summed E-state index contributed by atoms with van der Waals surface area (Å²) in [7, 11) is 8.15. The number of hydrogen-bond donors (Lipinski definition) is 2. The van der Waals surface area contributed by atoms with Gasteiger partial charge in [0, 0.05) is 46.1 Å². The van der Waals surface area contributed by atoms with Crippen LogP contribution in [0, 0.1) is 0 Å². The summed E-state index contributed by atoms with van der Waals surface area (Å²) < 4.78 is 0. The van der Waals surface area contributed by atoms with Gasteiger partial charge in [-0.3, -0.25) is 0 Å². The van der Waals surface area contributed by atoms with Crippen molar-refractivity contribution in [3.05, 3.63) is 59.7 Å². The van der Waals surface area contributed by atoms with Crippen molar-refractivity contribution in [2.24, 2.45) is 0 Å². The molecule has 2 rings (SSSR count).